The van der Waals surface area contributed by atoms with Crippen molar-refractivity contribution in [2.24, 2.45) is 0 Å². The third-order valence-electron chi connectivity index (χ3n) is 2.39. The van der Waals surface area contributed by atoms with Crippen molar-refractivity contribution >= 4 is 25.3 Å². The fourth-order valence-corrected chi connectivity index (χ4v) is 2.74. The summed E-state index contributed by atoms with van der Waals surface area (Å²) in [6.45, 7) is 5.59. The monoisotopic (exact) mass is 271 g/mol. The number of hydrogen-bond acceptors (Lipinski definition) is 1. The Balaban J connectivity index is 2.99. The van der Waals surface area contributed by atoms with E-state index in [4.69, 9.17) is 0 Å². The molecule has 0 aromatic heterocycles. The molecule has 0 saturated heterocycles. The van der Waals surface area contributed by atoms with E-state index in [-0.39, 0.29) is 5.91 Å². The molecule has 15 heavy (non-hydrogen) atoms. The van der Waals surface area contributed by atoms with Crippen molar-refractivity contribution < 1.29 is 4.79 Å². The molecule has 1 aromatic rings. The van der Waals surface area contributed by atoms with Gasteiger partial charge >= 0.3 is 97.6 Å². The van der Waals surface area contributed by atoms with Gasteiger partial charge in [-0.25, -0.2) is 0 Å². The zero-order valence-electron chi connectivity index (χ0n) is 9.49. The Kier molecular flexibility index (Phi) is 4.86. The Morgan fingerprint density at radius 2 is 1.87 bits per heavy atom. The second-order valence-corrected chi connectivity index (χ2v) is 4.96. The van der Waals surface area contributed by atoms with Crippen LogP contribution >= 0.6 is 0 Å². The van der Waals surface area contributed by atoms with Crippen LogP contribution in [0, 0.1) is 0 Å². The first-order chi connectivity index (χ1) is 7.24. The van der Waals surface area contributed by atoms with E-state index in [1.165, 1.54) is 4.46 Å². The standard InChI is InChI=1S/C12H17NOSe/c1-4-13(5-2)12(14)10-8-6-7-9-11(10)15-3/h6-9H,4-5H2,1-3H3. The number of amides is 1. The van der Waals surface area contributed by atoms with Gasteiger partial charge in [-0.05, 0) is 0 Å². The van der Waals surface area contributed by atoms with E-state index in [2.05, 4.69) is 11.9 Å². The number of benzene rings is 1. The molecular formula is C12H17NOSe. The third kappa shape index (κ3) is 2.83. The molecule has 0 bridgehead atoms. The first-order valence-electron chi connectivity index (χ1n) is 5.16. The van der Waals surface area contributed by atoms with Gasteiger partial charge in [0.25, 0.3) is 0 Å². The number of rotatable bonds is 4. The Hall–Kier alpha value is -0.791. The van der Waals surface area contributed by atoms with E-state index in [1.807, 2.05) is 36.9 Å². The minimum atomic E-state index is 0.166. The number of carbonyl (C=O) groups is 1. The van der Waals surface area contributed by atoms with Gasteiger partial charge in [0.15, 0.2) is 0 Å². The van der Waals surface area contributed by atoms with Crippen molar-refractivity contribution in [3.63, 3.8) is 0 Å². The van der Waals surface area contributed by atoms with Crippen molar-refractivity contribution in [3.05, 3.63) is 29.8 Å². The van der Waals surface area contributed by atoms with Crippen molar-refractivity contribution in [2.45, 2.75) is 19.7 Å². The average molecular weight is 270 g/mol. The van der Waals surface area contributed by atoms with Crippen LogP contribution in [-0.4, -0.2) is 38.9 Å². The van der Waals surface area contributed by atoms with E-state index in [0.717, 1.165) is 18.7 Å². The number of nitrogens with zero attached hydrogens (tertiary/aromatic N) is 1. The van der Waals surface area contributed by atoms with E-state index >= 15 is 0 Å². The molecule has 0 saturated carbocycles. The van der Waals surface area contributed by atoms with E-state index in [9.17, 15) is 4.79 Å². The minimum absolute atomic E-state index is 0.166. The Labute approximate surface area is 97.8 Å². The van der Waals surface area contributed by atoms with Gasteiger partial charge in [0.05, 0.1) is 0 Å². The summed E-state index contributed by atoms with van der Waals surface area (Å²) in [5.41, 5.74) is 0.878. The van der Waals surface area contributed by atoms with Crippen molar-refractivity contribution in [3.8, 4) is 0 Å². The van der Waals surface area contributed by atoms with Crippen LogP contribution in [0.2, 0.25) is 5.82 Å². The zero-order valence-corrected chi connectivity index (χ0v) is 11.2. The first-order valence-corrected chi connectivity index (χ1v) is 7.73. The molecule has 0 N–H and O–H groups in total. The molecule has 2 nitrogen and oxygen atoms in total. The van der Waals surface area contributed by atoms with Gasteiger partial charge in [0.1, 0.15) is 0 Å². The molecule has 1 aromatic carbocycles. The molecule has 0 heterocycles. The second-order valence-electron chi connectivity index (χ2n) is 3.18. The normalized spacial score (nSPS) is 10.1. The maximum absolute atomic E-state index is 12.1. The summed E-state index contributed by atoms with van der Waals surface area (Å²) in [7, 11) is 0. The summed E-state index contributed by atoms with van der Waals surface area (Å²) < 4.78 is 1.20. The van der Waals surface area contributed by atoms with Crippen LogP contribution in [0.25, 0.3) is 0 Å². The molecule has 0 fully saturated rings. The van der Waals surface area contributed by atoms with Crippen LogP contribution < -0.4 is 4.46 Å². The molecule has 82 valence electrons. The van der Waals surface area contributed by atoms with Gasteiger partial charge in [0.2, 0.25) is 0 Å². The summed E-state index contributed by atoms with van der Waals surface area (Å²) in [6.07, 6.45) is 0. The summed E-state index contributed by atoms with van der Waals surface area (Å²) in [5, 5.41) is 0. The molecule has 1 rings (SSSR count). The summed E-state index contributed by atoms with van der Waals surface area (Å²) in [6, 6.07) is 7.92. The molecule has 0 spiro atoms. The quantitative estimate of drug-likeness (QED) is 0.760. The molecule has 0 aliphatic carbocycles. The van der Waals surface area contributed by atoms with Crippen LogP contribution in [-0.2, 0) is 0 Å². The van der Waals surface area contributed by atoms with Crippen LogP contribution in [0.15, 0.2) is 24.3 Å². The van der Waals surface area contributed by atoms with Crippen LogP contribution in [0.3, 0.4) is 0 Å². The maximum atomic E-state index is 12.1. The van der Waals surface area contributed by atoms with E-state index in [0.29, 0.717) is 15.0 Å². The number of hydrogen-bond donors (Lipinski definition) is 0. The molecule has 1 amide bonds. The Morgan fingerprint density at radius 1 is 1.27 bits per heavy atom. The Morgan fingerprint density at radius 3 is 2.40 bits per heavy atom. The van der Waals surface area contributed by atoms with Gasteiger partial charge < -0.3 is 0 Å². The topological polar surface area (TPSA) is 20.3 Å². The van der Waals surface area contributed by atoms with Gasteiger partial charge in [-0.15, -0.1) is 0 Å². The number of carbonyl (C=O) groups excluding carboxylic acids is 1. The fraction of sp³-hybridized carbons (Fsp3) is 0.417. The molecule has 0 atom stereocenters. The Bertz CT molecular complexity index is 334. The van der Waals surface area contributed by atoms with Crippen molar-refractivity contribution in [1.29, 1.82) is 0 Å². The van der Waals surface area contributed by atoms with Gasteiger partial charge in [0, 0.05) is 0 Å². The average Bonchev–Trinajstić information content (AvgIpc) is 2.30. The molecule has 3 heteroatoms. The zero-order chi connectivity index (χ0) is 11.3. The molecule has 0 radical (unpaired) electrons. The van der Waals surface area contributed by atoms with Crippen LogP contribution in [0.4, 0.5) is 0 Å². The SMILES string of the molecule is CCN(CC)C(=O)c1ccccc1[Se]C. The molecule has 0 aliphatic heterocycles. The molecular weight excluding hydrogens is 253 g/mol. The van der Waals surface area contributed by atoms with Crippen molar-refractivity contribution in [1.82, 2.24) is 4.90 Å². The van der Waals surface area contributed by atoms with E-state index < -0.39 is 0 Å². The second kappa shape index (κ2) is 5.94. The summed E-state index contributed by atoms with van der Waals surface area (Å²) in [5.74, 6) is 2.31. The predicted octanol–water partition coefficient (Wildman–Crippen LogP) is 1.55. The molecule has 0 aliphatic rings. The summed E-state index contributed by atoms with van der Waals surface area (Å²) >= 11 is 0.374. The summed E-state index contributed by atoms with van der Waals surface area (Å²) in [4.78, 5) is 14.0. The van der Waals surface area contributed by atoms with Gasteiger partial charge in [-0.1, -0.05) is 0 Å². The van der Waals surface area contributed by atoms with Crippen molar-refractivity contribution in [2.75, 3.05) is 13.1 Å². The van der Waals surface area contributed by atoms with Crippen LogP contribution in [0.5, 0.6) is 0 Å². The third-order valence-corrected chi connectivity index (χ3v) is 4.06. The fourth-order valence-electron chi connectivity index (χ4n) is 1.50. The first kappa shape index (κ1) is 12.3. The van der Waals surface area contributed by atoms with E-state index in [1.54, 1.807) is 0 Å². The van der Waals surface area contributed by atoms with Gasteiger partial charge in [-0.2, -0.15) is 0 Å². The predicted molar refractivity (Wildman–Crippen MR) is 64.9 cm³/mol. The van der Waals surface area contributed by atoms with Crippen LogP contribution in [0.1, 0.15) is 24.2 Å². The van der Waals surface area contributed by atoms with Gasteiger partial charge in [-0.3, -0.25) is 0 Å². The molecule has 0 unspecified atom stereocenters.